The van der Waals surface area contributed by atoms with Crippen molar-refractivity contribution >= 4 is 17.8 Å². The second-order valence-corrected chi connectivity index (χ2v) is 7.81. The summed E-state index contributed by atoms with van der Waals surface area (Å²) in [6.07, 6.45) is 5.81. The number of hydrogen-bond donors (Lipinski definition) is 1. The molecule has 1 aliphatic rings. The molecule has 1 fully saturated rings. The van der Waals surface area contributed by atoms with Crippen LogP contribution in [-0.2, 0) is 11.3 Å². The van der Waals surface area contributed by atoms with Gasteiger partial charge in [-0.2, -0.15) is 0 Å². The van der Waals surface area contributed by atoms with Crippen molar-refractivity contribution in [2.75, 3.05) is 26.7 Å². The van der Waals surface area contributed by atoms with Crippen molar-refractivity contribution in [3.63, 3.8) is 0 Å². The monoisotopic (exact) mass is 405 g/mol. The first-order chi connectivity index (χ1) is 13.8. The summed E-state index contributed by atoms with van der Waals surface area (Å²) < 4.78 is 6.73. The van der Waals surface area contributed by atoms with Crippen LogP contribution in [0.15, 0.2) is 0 Å². The van der Waals surface area contributed by atoms with Gasteiger partial charge < -0.3 is 19.5 Å². The number of aromatic nitrogens is 1. The molecule has 1 heterocycles. The van der Waals surface area contributed by atoms with Gasteiger partial charge >= 0.3 is 12.0 Å². The lowest BCUT2D eigenvalue weighted by Gasteiger charge is -2.29. The molecule has 0 radical (unpaired) electrons. The number of esters is 1. The van der Waals surface area contributed by atoms with E-state index in [1.54, 1.807) is 11.8 Å². The van der Waals surface area contributed by atoms with Gasteiger partial charge in [0.25, 0.3) is 0 Å². The van der Waals surface area contributed by atoms with Crippen LogP contribution in [0.5, 0.6) is 0 Å². The Kier molecular flexibility index (Phi) is 8.29. The number of urea groups is 1. The molecule has 29 heavy (non-hydrogen) atoms. The Hall–Kier alpha value is -2.31. The number of amides is 2. The maximum atomic E-state index is 13.3. The fourth-order valence-electron chi connectivity index (χ4n) is 4.48. The van der Waals surface area contributed by atoms with Crippen molar-refractivity contribution in [3.8, 4) is 0 Å². The van der Waals surface area contributed by atoms with Crippen LogP contribution >= 0.6 is 0 Å². The summed E-state index contributed by atoms with van der Waals surface area (Å²) in [6.45, 7) is 9.10. The molecule has 2 rings (SSSR count). The normalized spacial score (nSPS) is 14.5. The lowest BCUT2D eigenvalue weighted by Crippen LogP contribution is -2.45. The van der Waals surface area contributed by atoms with E-state index in [0.29, 0.717) is 42.4 Å². The first-order valence-corrected chi connectivity index (χ1v) is 10.7. The standard InChI is InChI=1S/C22H35N3O4/c1-6-23-22(28)24(13-17-11-9-8-10-12-17)14-18(26)19-15(3)20(21(27)29-5)25(7-2)16(19)4/h17H,6-14H2,1-5H3,(H,23,28). The van der Waals surface area contributed by atoms with Crippen LogP contribution < -0.4 is 5.32 Å². The molecule has 0 saturated heterocycles. The molecule has 0 aliphatic heterocycles. The van der Waals surface area contributed by atoms with Crippen LogP contribution in [0.2, 0.25) is 0 Å². The van der Waals surface area contributed by atoms with Gasteiger partial charge in [0.05, 0.1) is 13.7 Å². The van der Waals surface area contributed by atoms with E-state index >= 15 is 0 Å². The minimum atomic E-state index is -0.450. The summed E-state index contributed by atoms with van der Waals surface area (Å²) in [4.78, 5) is 39.8. The Morgan fingerprint density at radius 2 is 1.79 bits per heavy atom. The Labute approximate surface area is 173 Å². The topological polar surface area (TPSA) is 80.6 Å². The van der Waals surface area contributed by atoms with Gasteiger partial charge in [0.15, 0.2) is 5.78 Å². The van der Waals surface area contributed by atoms with Crippen molar-refractivity contribution in [2.24, 2.45) is 5.92 Å². The van der Waals surface area contributed by atoms with Crippen molar-refractivity contribution in [1.82, 2.24) is 14.8 Å². The molecule has 2 amide bonds. The molecule has 0 bridgehead atoms. The number of hydrogen-bond acceptors (Lipinski definition) is 4. The van der Waals surface area contributed by atoms with Gasteiger partial charge in [-0.15, -0.1) is 0 Å². The van der Waals surface area contributed by atoms with E-state index in [9.17, 15) is 14.4 Å². The fourth-order valence-corrected chi connectivity index (χ4v) is 4.48. The second-order valence-electron chi connectivity index (χ2n) is 7.81. The van der Waals surface area contributed by atoms with E-state index in [0.717, 1.165) is 18.5 Å². The molecule has 1 aromatic rings. The maximum absolute atomic E-state index is 13.3. The van der Waals surface area contributed by atoms with E-state index in [4.69, 9.17) is 4.74 Å². The highest BCUT2D eigenvalue weighted by atomic mass is 16.5. The van der Waals surface area contributed by atoms with Crippen molar-refractivity contribution in [3.05, 3.63) is 22.5 Å². The molecule has 1 saturated carbocycles. The van der Waals surface area contributed by atoms with Crippen LogP contribution in [0.4, 0.5) is 4.79 Å². The highest BCUT2D eigenvalue weighted by Crippen LogP contribution is 2.26. The zero-order valence-electron chi connectivity index (χ0n) is 18.5. The quantitative estimate of drug-likeness (QED) is 0.528. The summed E-state index contributed by atoms with van der Waals surface area (Å²) in [5.74, 6) is -0.152. The Morgan fingerprint density at radius 3 is 2.34 bits per heavy atom. The van der Waals surface area contributed by atoms with Crippen LogP contribution in [0.3, 0.4) is 0 Å². The van der Waals surface area contributed by atoms with Gasteiger partial charge in [0, 0.05) is 30.9 Å². The number of carbonyl (C=O) groups is 3. The number of Topliss-reactive ketones (excluding diaryl/α,β-unsaturated/α-hetero) is 1. The molecule has 0 unspecified atom stereocenters. The number of ketones is 1. The zero-order valence-corrected chi connectivity index (χ0v) is 18.5. The molecule has 1 N–H and O–H groups in total. The predicted octanol–water partition coefficient (Wildman–Crippen LogP) is 3.71. The number of carbonyl (C=O) groups excluding carboxylic acids is 3. The third kappa shape index (κ3) is 5.19. The third-order valence-corrected chi connectivity index (χ3v) is 5.89. The maximum Gasteiger partial charge on any atom is 0.354 e. The number of methoxy groups -OCH3 is 1. The molecular weight excluding hydrogens is 370 g/mol. The molecule has 1 aliphatic carbocycles. The summed E-state index contributed by atoms with van der Waals surface area (Å²) >= 11 is 0. The third-order valence-electron chi connectivity index (χ3n) is 5.89. The smallest absolute Gasteiger partial charge is 0.354 e. The first kappa shape index (κ1) is 23.0. The van der Waals surface area contributed by atoms with E-state index in [1.165, 1.54) is 26.4 Å². The van der Waals surface area contributed by atoms with Gasteiger partial charge in [-0.05, 0) is 52.0 Å². The lowest BCUT2D eigenvalue weighted by atomic mass is 9.89. The summed E-state index contributed by atoms with van der Waals surface area (Å²) in [6, 6.07) is -0.204. The summed E-state index contributed by atoms with van der Waals surface area (Å²) in [5.41, 5.74) is 2.29. The largest absolute Gasteiger partial charge is 0.464 e. The fraction of sp³-hybridized carbons (Fsp3) is 0.682. The van der Waals surface area contributed by atoms with E-state index < -0.39 is 5.97 Å². The van der Waals surface area contributed by atoms with E-state index in [2.05, 4.69) is 5.32 Å². The van der Waals surface area contributed by atoms with Gasteiger partial charge in [0.2, 0.25) is 0 Å². The average molecular weight is 406 g/mol. The molecular formula is C22H35N3O4. The average Bonchev–Trinajstić information content (AvgIpc) is 2.97. The Morgan fingerprint density at radius 1 is 1.14 bits per heavy atom. The van der Waals surface area contributed by atoms with Crippen molar-refractivity contribution in [1.29, 1.82) is 0 Å². The summed E-state index contributed by atoms with van der Waals surface area (Å²) in [5, 5.41) is 2.83. The number of rotatable bonds is 8. The highest BCUT2D eigenvalue weighted by molar-refractivity contribution is 6.04. The number of ether oxygens (including phenoxy) is 1. The SMILES string of the molecule is CCNC(=O)N(CC(=O)c1c(C)c(C(=O)OC)n(CC)c1C)CC1CCCCC1. The zero-order chi connectivity index (χ0) is 21.6. The lowest BCUT2D eigenvalue weighted by molar-refractivity contribution is 0.0587. The number of nitrogens with one attached hydrogen (secondary N) is 1. The van der Waals surface area contributed by atoms with Gasteiger partial charge in [-0.1, -0.05) is 19.3 Å². The molecule has 7 heteroatoms. The molecule has 0 spiro atoms. The molecule has 0 atom stereocenters. The second kappa shape index (κ2) is 10.5. The van der Waals surface area contributed by atoms with Crippen molar-refractivity contribution in [2.45, 2.75) is 66.3 Å². The molecule has 7 nitrogen and oxygen atoms in total. The highest BCUT2D eigenvalue weighted by Gasteiger charge is 2.29. The molecule has 0 aromatic carbocycles. The minimum absolute atomic E-state index is 0.0123. The van der Waals surface area contributed by atoms with Crippen LogP contribution in [0.1, 0.15) is 78.1 Å². The van der Waals surface area contributed by atoms with Gasteiger partial charge in [-0.25, -0.2) is 9.59 Å². The van der Waals surface area contributed by atoms with E-state index in [-0.39, 0.29) is 18.4 Å². The Bertz CT molecular complexity index is 748. The van der Waals surface area contributed by atoms with Crippen LogP contribution in [-0.4, -0.2) is 54.0 Å². The van der Waals surface area contributed by atoms with Crippen LogP contribution in [0, 0.1) is 19.8 Å². The van der Waals surface area contributed by atoms with Crippen LogP contribution in [0.25, 0.3) is 0 Å². The molecule has 162 valence electrons. The predicted molar refractivity (Wildman–Crippen MR) is 112 cm³/mol. The first-order valence-electron chi connectivity index (χ1n) is 10.7. The van der Waals surface area contributed by atoms with E-state index in [1.807, 2.05) is 25.3 Å². The Balaban J connectivity index is 2.29. The van der Waals surface area contributed by atoms with Gasteiger partial charge in [-0.3, -0.25) is 4.79 Å². The number of nitrogens with zero attached hydrogens (tertiary/aromatic N) is 2. The summed E-state index contributed by atoms with van der Waals surface area (Å²) in [7, 11) is 1.34. The minimum Gasteiger partial charge on any atom is -0.464 e. The molecule has 1 aromatic heterocycles. The van der Waals surface area contributed by atoms with Crippen molar-refractivity contribution < 1.29 is 19.1 Å². The van der Waals surface area contributed by atoms with Gasteiger partial charge in [0.1, 0.15) is 5.69 Å².